The topological polar surface area (TPSA) is 154 Å². The normalized spacial score (nSPS) is 60.8. The molecule has 0 aromatic heterocycles. The van der Waals surface area contributed by atoms with E-state index in [-0.39, 0.29) is 13.0 Å². The average molecular weight is 410 g/mol. The highest BCUT2D eigenvalue weighted by molar-refractivity contribution is 5.96. The van der Waals surface area contributed by atoms with Crippen LogP contribution >= 0.6 is 0 Å². The van der Waals surface area contributed by atoms with Crippen molar-refractivity contribution >= 4 is 11.8 Å². The Hall–Kier alpha value is -1.36. The number of aliphatic hydroxyl groups excluding tert-OH is 3. The van der Waals surface area contributed by atoms with E-state index >= 15 is 0 Å². The third kappa shape index (κ3) is 1.73. The van der Waals surface area contributed by atoms with Gasteiger partial charge in [-0.25, -0.2) is 4.79 Å². The summed E-state index contributed by atoms with van der Waals surface area (Å²) < 4.78 is 11.2. The molecule has 0 aromatic rings. The minimum atomic E-state index is -2.19. The maximum atomic E-state index is 12.6. The maximum absolute atomic E-state index is 12.6. The predicted octanol–water partition coefficient (Wildman–Crippen LogP) is -1.75. The minimum Gasteiger partial charge on any atom is -0.460 e. The quantitative estimate of drug-likeness (QED) is 0.293. The van der Waals surface area contributed by atoms with Gasteiger partial charge in [0.2, 0.25) is 0 Å². The highest BCUT2D eigenvalue weighted by Gasteiger charge is 2.87. The Morgan fingerprint density at radius 1 is 1.14 bits per heavy atom. The zero-order valence-electron chi connectivity index (χ0n) is 16.4. The maximum Gasteiger partial charge on any atom is 0.338 e. The Morgan fingerprint density at radius 2 is 1.79 bits per heavy atom. The Morgan fingerprint density at radius 3 is 2.45 bits per heavy atom. The molecule has 160 valence electrons. The van der Waals surface area contributed by atoms with Crippen molar-refractivity contribution in [3.63, 3.8) is 0 Å². The first-order chi connectivity index (χ1) is 13.4. The molecule has 5 N–H and O–H groups in total. The molecule has 2 saturated carbocycles. The van der Waals surface area contributed by atoms with E-state index < -0.39 is 76.1 Å². The first-order valence-electron chi connectivity index (χ1n) is 9.93. The van der Waals surface area contributed by atoms with Gasteiger partial charge in [0.1, 0.15) is 23.9 Å². The minimum absolute atomic E-state index is 0.183. The van der Waals surface area contributed by atoms with Crippen LogP contribution in [0.2, 0.25) is 0 Å². The zero-order valence-corrected chi connectivity index (χ0v) is 16.4. The van der Waals surface area contributed by atoms with Gasteiger partial charge in [0.25, 0.3) is 0 Å². The highest BCUT2D eigenvalue weighted by atomic mass is 16.7. The summed E-state index contributed by atoms with van der Waals surface area (Å²) in [6, 6.07) is 0. The monoisotopic (exact) mass is 410 g/mol. The number of ketones is 1. The van der Waals surface area contributed by atoms with Gasteiger partial charge in [-0.3, -0.25) is 4.79 Å². The molecule has 2 saturated heterocycles. The standard InChI is InChI=1S/C20H26O9/c1-7-4-10(21)13(23)17(3)9(7)5-11-18-6-28-20(27,16(17)18)12(22)8(2)19(18,26)14(24)15(25)29-11/h4,8-9,11-14,16,22-24,26-27H,5-6H2,1-3H3/t8-,9-,11+,12+,13+,14-,16+,17+,18+,19-,20-/m0/s1. The summed E-state index contributed by atoms with van der Waals surface area (Å²) >= 11 is 0. The van der Waals surface area contributed by atoms with Gasteiger partial charge in [-0.2, -0.15) is 0 Å². The molecule has 29 heavy (non-hydrogen) atoms. The SMILES string of the molecule is CC1=CC(=O)[C@@H](O)[C@]2(C)[C@H]3[C@@]4(O)OC[C@@]35[C@@H](C[C@@H]12)OC(=O)[C@H](O)[C@@]5(O)[C@@H](C)[C@H]4O. The van der Waals surface area contributed by atoms with Crippen LogP contribution in [0.25, 0.3) is 0 Å². The van der Waals surface area contributed by atoms with Gasteiger partial charge >= 0.3 is 5.97 Å². The smallest absolute Gasteiger partial charge is 0.338 e. The number of carbonyl (C=O) groups excluding carboxylic acids is 2. The molecular formula is C20H26O9. The van der Waals surface area contributed by atoms with Crippen LogP contribution in [0.1, 0.15) is 27.2 Å². The molecule has 0 unspecified atom stereocenters. The van der Waals surface area contributed by atoms with Crippen molar-refractivity contribution in [3.8, 4) is 0 Å². The number of hydrogen-bond acceptors (Lipinski definition) is 9. The van der Waals surface area contributed by atoms with Crippen molar-refractivity contribution in [3.05, 3.63) is 11.6 Å². The van der Waals surface area contributed by atoms with Crippen molar-refractivity contribution in [2.75, 3.05) is 6.61 Å². The first-order valence-corrected chi connectivity index (χ1v) is 9.93. The lowest BCUT2D eigenvalue weighted by atomic mass is 9.36. The first kappa shape index (κ1) is 19.6. The van der Waals surface area contributed by atoms with E-state index in [1.54, 1.807) is 13.8 Å². The third-order valence-corrected chi connectivity index (χ3v) is 8.88. The zero-order chi connectivity index (χ0) is 21.3. The second-order valence-electron chi connectivity index (χ2n) is 9.75. The summed E-state index contributed by atoms with van der Waals surface area (Å²) in [6.07, 6.45) is -4.56. The molecule has 0 aromatic carbocycles. The van der Waals surface area contributed by atoms with Crippen molar-refractivity contribution < 1.29 is 44.6 Å². The second-order valence-corrected chi connectivity index (χ2v) is 9.75. The van der Waals surface area contributed by atoms with Gasteiger partial charge in [0.05, 0.1) is 12.0 Å². The fourth-order valence-corrected chi connectivity index (χ4v) is 7.59. The van der Waals surface area contributed by atoms with E-state index in [0.29, 0.717) is 5.57 Å². The van der Waals surface area contributed by atoms with Crippen LogP contribution < -0.4 is 0 Å². The molecule has 0 radical (unpaired) electrons. The van der Waals surface area contributed by atoms with Gasteiger partial charge in [-0.1, -0.05) is 19.4 Å². The Balaban J connectivity index is 1.84. The van der Waals surface area contributed by atoms with Crippen LogP contribution in [0, 0.1) is 28.6 Å². The van der Waals surface area contributed by atoms with Crippen molar-refractivity contribution in [1.29, 1.82) is 0 Å². The molecule has 2 aliphatic heterocycles. The summed E-state index contributed by atoms with van der Waals surface area (Å²) in [5, 5.41) is 56.0. The lowest BCUT2D eigenvalue weighted by molar-refractivity contribution is -0.375. The number of aliphatic hydroxyl groups is 5. The van der Waals surface area contributed by atoms with Crippen LogP contribution in [-0.4, -0.2) is 79.7 Å². The number of allylic oxidation sites excluding steroid dienone is 1. The molecule has 5 aliphatic rings. The molecule has 5 rings (SSSR count). The van der Waals surface area contributed by atoms with E-state index in [1.165, 1.54) is 13.0 Å². The molecular weight excluding hydrogens is 384 g/mol. The Kier molecular flexibility index (Phi) is 3.56. The summed E-state index contributed by atoms with van der Waals surface area (Å²) in [5.74, 6) is -6.52. The molecule has 1 spiro atoms. The van der Waals surface area contributed by atoms with Crippen LogP contribution in [0.5, 0.6) is 0 Å². The van der Waals surface area contributed by atoms with E-state index in [0.717, 1.165) is 0 Å². The number of fused-ring (bicyclic) bond motifs is 1. The molecule has 2 heterocycles. The van der Waals surface area contributed by atoms with E-state index in [2.05, 4.69) is 0 Å². The van der Waals surface area contributed by atoms with Gasteiger partial charge in [-0.15, -0.1) is 0 Å². The van der Waals surface area contributed by atoms with Gasteiger partial charge in [0, 0.05) is 17.3 Å². The van der Waals surface area contributed by atoms with Gasteiger partial charge in [-0.05, 0) is 25.3 Å². The number of ether oxygens (including phenoxy) is 2. The van der Waals surface area contributed by atoms with Gasteiger partial charge in [0.15, 0.2) is 17.7 Å². The van der Waals surface area contributed by atoms with E-state index in [1.807, 2.05) is 0 Å². The van der Waals surface area contributed by atoms with Crippen LogP contribution in [-0.2, 0) is 19.1 Å². The summed E-state index contributed by atoms with van der Waals surface area (Å²) in [4.78, 5) is 25.0. The molecule has 11 atom stereocenters. The van der Waals surface area contributed by atoms with E-state index in [9.17, 15) is 35.1 Å². The second kappa shape index (κ2) is 5.27. The molecule has 2 bridgehead atoms. The summed E-state index contributed by atoms with van der Waals surface area (Å²) in [5.41, 5.74) is -4.35. The third-order valence-electron chi connectivity index (χ3n) is 8.88. The highest BCUT2D eigenvalue weighted by Crippen LogP contribution is 2.74. The lowest BCUT2D eigenvalue weighted by Gasteiger charge is -2.70. The largest absolute Gasteiger partial charge is 0.460 e. The number of esters is 1. The fourth-order valence-electron chi connectivity index (χ4n) is 7.59. The van der Waals surface area contributed by atoms with Crippen LogP contribution in [0.3, 0.4) is 0 Å². The molecule has 0 amide bonds. The van der Waals surface area contributed by atoms with Gasteiger partial charge < -0.3 is 35.0 Å². The van der Waals surface area contributed by atoms with Crippen molar-refractivity contribution in [1.82, 2.24) is 0 Å². The molecule has 9 heteroatoms. The lowest BCUT2D eigenvalue weighted by Crippen LogP contribution is -2.84. The van der Waals surface area contributed by atoms with Crippen molar-refractivity contribution in [2.45, 2.75) is 63.0 Å². The summed E-state index contributed by atoms with van der Waals surface area (Å²) in [7, 11) is 0. The van der Waals surface area contributed by atoms with Crippen molar-refractivity contribution in [2.24, 2.45) is 28.6 Å². The average Bonchev–Trinajstić information content (AvgIpc) is 2.98. The number of carbonyl (C=O) groups is 2. The molecule has 9 nitrogen and oxygen atoms in total. The summed E-state index contributed by atoms with van der Waals surface area (Å²) in [6.45, 7) is 4.49. The Labute approximate surface area is 166 Å². The van der Waals surface area contributed by atoms with Crippen LogP contribution in [0.4, 0.5) is 0 Å². The van der Waals surface area contributed by atoms with Crippen LogP contribution in [0.15, 0.2) is 11.6 Å². The Bertz CT molecular complexity index is 855. The fraction of sp³-hybridized carbons (Fsp3) is 0.800. The number of hydrogen-bond donors (Lipinski definition) is 5. The molecule has 4 fully saturated rings. The molecule has 3 aliphatic carbocycles. The predicted molar refractivity (Wildman–Crippen MR) is 93.8 cm³/mol. The number of rotatable bonds is 0. The van der Waals surface area contributed by atoms with E-state index in [4.69, 9.17) is 9.47 Å².